The SMILES string of the molecule is CCNCC1CCN(S(=O)(=O)c2cnc(-c3ccccc3)nc2)CC1.Cl. The summed E-state index contributed by atoms with van der Waals surface area (Å²) in [5, 5.41) is 3.34. The number of benzene rings is 1. The standard InChI is InChI=1S/C18H24N4O2S.ClH/c1-2-19-12-15-8-10-22(11-9-15)25(23,24)17-13-20-18(21-14-17)16-6-4-3-5-7-16;/h3-7,13-15,19H,2,8-12H2,1H3;1H. The van der Waals surface area contributed by atoms with Crippen molar-refractivity contribution in [1.29, 1.82) is 0 Å². The molecular weight excluding hydrogens is 372 g/mol. The molecule has 1 aliphatic rings. The van der Waals surface area contributed by atoms with Gasteiger partial charge in [-0.3, -0.25) is 0 Å². The number of sulfonamides is 1. The zero-order valence-electron chi connectivity index (χ0n) is 14.8. The molecule has 0 aliphatic carbocycles. The van der Waals surface area contributed by atoms with Gasteiger partial charge in [-0.2, -0.15) is 4.31 Å². The lowest BCUT2D eigenvalue weighted by atomic mass is 9.98. The molecule has 0 spiro atoms. The normalized spacial score (nSPS) is 16.2. The van der Waals surface area contributed by atoms with Gasteiger partial charge in [0.05, 0.1) is 12.4 Å². The van der Waals surface area contributed by atoms with E-state index in [0.29, 0.717) is 24.8 Å². The van der Waals surface area contributed by atoms with E-state index in [1.165, 1.54) is 12.4 Å². The van der Waals surface area contributed by atoms with E-state index in [-0.39, 0.29) is 17.3 Å². The van der Waals surface area contributed by atoms with Crippen LogP contribution in [0.15, 0.2) is 47.6 Å². The van der Waals surface area contributed by atoms with E-state index < -0.39 is 10.0 Å². The van der Waals surface area contributed by atoms with Gasteiger partial charge >= 0.3 is 0 Å². The number of nitrogens with zero attached hydrogens (tertiary/aromatic N) is 3. The molecule has 8 heteroatoms. The summed E-state index contributed by atoms with van der Waals surface area (Å²) >= 11 is 0. The average molecular weight is 397 g/mol. The number of hydrogen-bond donors (Lipinski definition) is 1. The van der Waals surface area contributed by atoms with E-state index in [9.17, 15) is 8.42 Å². The summed E-state index contributed by atoms with van der Waals surface area (Å²) in [6.45, 7) is 5.10. The van der Waals surface area contributed by atoms with E-state index in [1.807, 2.05) is 30.3 Å². The Labute approximate surface area is 161 Å². The number of aromatic nitrogens is 2. The average Bonchev–Trinajstić information content (AvgIpc) is 2.67. The first-order chi connectivity index (χ1) is 12.1. The molecule has 0 atom stereocenters. The number of hydrogen-bond acceptors (Lipinski definition) is 5. The van der Waals surface area contributed by atoms with Crippen LogP contribution in [-0.4, -0.2) is 48.9 Å². The Morgan fingerprint density at radius 2 is 1.73 bits per heavy atom. The lowest BCUT2D eigenvalue weighted by Gasteiger charge is -2.31. The number of piperidine rings is 1. The van der Waals surface area contributed by atoms with Crippen LogP contribution in [0.1, 0.15) is 19.8 Å². The van der Waals surface area contributed by atoms with Crippen LogP contribution in [0, 0.1) is 5.92 Å². The summed E-state index contributed by atoms with van der Waals surface area (Å²) in [6.07, 6.45) is 4.59. The Hall–Kier alpha value is -1.54. The van der Waals surface area contributed by atoms with Gasteiger partial charge in [0.15, 0.2) is 5.82 Å². The highest BCUT2D eigenvalue weighted by molar-refractivity contribution is 7.89. The molecule has 26 heavy (non-hydrogen) atoms. The second-order valence-corrected chi connectivity index (χ2v) is 8.20. The molecular formula is C18H25ClN4O2S. The molecule has 1 aliphatic heterocycles. The van der Waals surface area contributed by atoms with Crippen molar-refractivity contribution in [2.45, 2.75) is 24.7 Å². The summed E-state index contributed by atoms with van der Waals surface area (Å²) in [5.41, 5.74) is 0.871. The maximum atomic E-state index is 12.8. The van der Waals surface area contributed by atoms with Crippen molar-refractivity contribution < 1.29 is 8.42 Å². The fourth-order valence-corrected chi connectivity index (χ4v) is 4.40. The molecule has 142 valence electrons. The van der Waals surface area contributed by atoms with Crippen molar-refractivity contribution >= 4 is 22.4 Å². The fourth-order valence-electron chi connectivity index (χ4n) is 3.04. The largest absolute Gasteiger partial charge is 0.317 e. The number of halogens is 1. The molecule has 6 nitrogen and oxygen atoms in total. The van der Waals surface area contributed by atoms with Crippen LogP contribution >= 0.6 is 12.4 Å². The van der Waals surface area contributed by atoms with Crippen molar-refractivity contribution in [2.24, 2.45) is 5.92 Å². The Kier molecular flexibility index (Phi) is 7.52. The predicted molar refractivity (Wildman–Crippen MR) is 105 cm³/mol. The summed E-state index contributed by atoms with van der Waals surface area (Å²) in [4.78, 5) is 8.64. The van der Waals surface area contributed by atoms with Crippen molar-refractivity contribution in [3.05, 3.63) is 42.7 Å². The van der Waals surface area contributed by atoms with Gasteiger partial charge in [0.25, 0.3) is 0 Å². The minimum Gasteiger partial charge on any atom is -0.317 e. The summed E-state index contributed by atoms with van der Waals surface area (Å²) in [7, 11) is -3.52. The second kappa shape index (κ2) is 9.41. The van der Waals surface area contributed by atoms with Gasteiger partial charge in [0, 0.05) is 18.7 Å². The quantitative estimate of drug-likeness (QED) is 0.812. The lowest BCUT2D eigenvalue weighted by Crippen LogP contribution is -2.40. The first-order valence-electron chi connectivity index (χ1n) is 8.69. The Morgan fingerprint density at radius 1 is 1.12 bits per heavy atom. The first-order valence-corrected chi connectivity index (χ1v) is 10.1. The molecule has 0 saturated carbocycles. The molecule has 2 aromatic rings. The summed E-state index contributed by atoms with van der Waals surface area (Å²) < 4.78 is 27.1. The Bertz CT molecular complexity index is 777. The zero-order valence-corrected chi connectivity index (χ0v) is 16.5. The molecule has 1 aromatic carbocycles. The highest BCUT2D eigenvalue weighted by Crippen LogP contribution is 2.23. The highest BCUT2D eigenvalue weighted by Gasteiger charge is 2.29. The van der Waals surface area contributed by atoms with Crippen molar-refractivity contribution in [2.75, 3.05) is 26.2 Å². The van der Waals surface area contributed by atoms with E-state index in [0.717, 1.165) is 31.5 Å². The molecule has 1 fully saturated rings. The minimum atomic E-state index is -3.52. The fraction of sp³-hybridized carbons (Fsp3) is 0.444. The van der Waals surface area contributed by atoms with Crippen LogP contribution in [0.3, 0.4) is 0 Å². The lowest BCUT2D eigenvalue weighted by molar-refractivity contribution is 0.268. The molecule has 1 aromatic heterocycles. The van der Waals surface area contributed by atoms with Crippen LogP contribution in [0.4, 0.5) is 0 Å². The molecule has 1 N–H and O–H groups in total. The van der Waals surface area contributed by atoms with E-state index >= 15 is 0 Å². The Morgan fingerprint density at radius 3 is 2.31 bits per heavy atom. The molecule has 0 unspecified atom stereocenters. The van der Waals surface area contributed by atoms with Gasteiger partial charge < -0.3 is 5.32 Å². The molecule has 1 saturated heterocycles. The molecule has 0 amide bonds. The topological polar surface area (TPSA) is 75.2 Å². The van der Waals surface area contributed by atoms with Gasteiger partial charge in [-0.05, 0) is 31.8 Å². The van der Waals surface area contributed by atoms with Gasteiger partial charge in [0.2, 0.25) is 10.0 Å². The van der Waals surface area contributed by atoms with E-state index in [1.54, 1.807) is 4.31 Å². The zero-order chi connectivity index (χ0) is 17.7. The van der Waals surface area contributed by atoms with Crippen LogP contribution in [0.2, 0.25) is 0 Å². The third-order valence-corrected chi connectivity index (χ3v) is 6.41. The number of nitrogens with one attached hydrogen (secondary N) is 1. The molecule has 0 radical (unpaired) electrons. The minimum absolute atomic E-state index is 0. The van der Waals surface area contributed by atoms with Crippen LogP contribution in [-0.2, 0) is 10.0 Å². The summed E-state index contributed by atoms with van der Waals surface area (Å²) in [5.74, 6) is 1.08. The number of rotatable bonds is 6. The van der Waals surface area contributed by atoms with Gasteiger partial charge in [0.1, 0.15) is 4.90 Å². The van der Waals surface area contributed by atoms with Crippen LogP contribution in [0.5, 0.6) is 0 Å². The molecule has 3 rings (SSSR count). The Balaban J connectivity index is 0.00000243. The maximum absolute atomic E-state index is 12.8. The third kappa shape index (κ3) is 4.79. The molecule has 2 heterocycles. The van der Waals surface area contributed by atoms with Crippen molar-refractivity contribution in [3.63, 3.8) is 0 Å². The van der Waals surface area contributed by atoms with Crippen LogP contribution in [0.25, 0.3) is 11.4 Å². The smallest absolute Gasteiger partial charge is 0.246 e. The molecule has 0 bridgehead atoms. The van der Waals surface area contributed by atoms with Gasteiger partial charge in [-0.1, -0.05) is 37.3 Å². The third-order valence-electron chi connectivity index (χ3n) is 4.55. The van der Waals surface area contributed by atoms with Crippen molar-refractivity contribution in [1.82, 2.24) is 19.6 Å². The van der Waals surface area contributed by atoms with Gasteiger partial charge in [-0.25, -0.2) is 18.4 Å². The monoisotopic (exact) mass is 396 g/mol. The predicted octanol–water partition coefficient (Wildman–Crippen LogP) is 2.58. The second-order valence-electron chi connectivity index (χ2n) is 6.26. The summed E-state index contributed by atoms with van der Waals surface area (Å²) in [6, 6.07) is 9.53. The van der Waals surface area contributed by atoms with E-state index in [4.69, 9.17) is 0 Å². The van der Waals surface area contributed by atoms with Crippen molar-refractivity contribution in [3.8, 4) is 11.4 Å². The first kappa shape index (κ1) is 20.8. The maximum Gasteiger partial charge on any atom is 0.246 e. The highest BCUT2D eigenvalue weighted by atomic mass is 35.5. The van der Waals surface area contributed by atoms with Crippen LogP contribution < -0.4 is 5.32 Å². The van der Waals surface area contributed by atoms with Gasteiger partial charge in [-0.15, -0.1) is 12.4 Å². The van der Waals surface area contributed by atoms with E-state index in [2.05, 4.69) is 22.2 Å².